The van der Waals surface area contributed by atoms with E-state index in [0.717, 1.165) is 16.7 Å². The summed E-state index contributed by atoms with van der Waals surface area (Å²) in [6.45, 7) is 2.13. The second-order valence-corrected chi connectivity index (χ2v) is 10.7. The van der Waals surface area contributed by atoms with Gasteiger partial charge in [0, 0.05) is 29.9 Å². The summed E-state index contributed by atoms with van der Waals surface area (Å²) in [6.07, 6.45) is 0.00165. The van der Waals surface area contributed by atoms with E-state index in [4.69, 9.17) is 16.2 Å². The molecule has 4 aromatic rings. The van der Waals surface area contributed by atoms with Crippen molar-refractivity contribution < 1.29 is 29.0 Å². The number of alkyl carbamates (subject to hydrolysis) is 1. The lowest BCUT2D eigenvalue weighted by Crippen LogP contribution is -2.27. The zero-order valence-electron chi connectivity index (χ0n) is 25.4. The number of primary amides is 1. The van der Waals surface area contributed by atoms with Crippen LogP contribution in [0.25, 0.3) is 0 Å². The molecule has 0 aliphatic rings. The van der Waals surface area contributed by atoms with Crippen LogP contribution in [0, 0.1) is 0 Å². The SMILES string of the molecule is C[C@@H](NC(=O)OCc1ccccc1)c1cccc(NC(=O)CCc2ccc(C(Nc3cccc(C(N)=O)c3)C(=O)O)cc2CN)c1. The number of carboxylic acids is 1. The second kappa shape index (κ2) is 15.9. The molecule has 0 aliphatic carbocycles. The highest BCUT2D eigenvalue weighted by atomic mass is 16.5. The summed E-state index contributed by atoms with van der Waals surface area (Å²) in [5, 5.41) is 18.5. The molecule has 46 heavy (non-hydrogen) atoms. The molecule has 0 saturated carbocycles. The Morgan fingerprint density at radius 3 is 2.28 bits per heavy atom. The Balaban J connectivity index is 1.34. The Labute approximate surface area is 267 Å². The van der Waals surface area contributed by atoms with Crippen LogP contribution in [-0.2, 0) is 33.9 Å². The molecule has 4 rings (SSSR count). The fraction of sp³-hybridized carbons (Fsp3) is 0.200. The summed E-state index contributed by atoms with van der Waals surface area (Å²) in [7, 11) is 0. The summed E-state index contributed by atoms with van der Waals surface area (Å²) in [5.41, 5.74) is 16.3. The molecule has 4 aromatic carbocycles. The average molecular weight is 624 g/mol. The van der Waals surface area contributed by atoms with Gasteiger partial charge in [0.2, 0.25) is 11.8 Å². The van der Waals surface area contributed by atoms with Crippen LogP contribution < -0.4 is 27.4 Å². The topological polar surface area (TPSA) is 186 Å². The third-order valence-corrected chi connectivity index (χ3v) is 7.33. The number of hydrogen-bond acceptors (Lipinski definition) is 7. The molecular weight excluding hydrogens is 586 g/mol. The van der Waals surface area contributed by atoms with E-state index >= 15 is 0 Å². The third kappa shape index (κ3) is 9.41. The smallest absolute Gasteiger partial charge is 0.407 e. The lowest BCUT2D eigenvalue weighted by molar-refractivity contribution is -0.138. The van der Waals surface area contributed by atoms with Gasteiger partial charge in [0.25, 0.3) is 0 Å². The van der Waals surface area contributed by atoms with Crippen molar-refractivity contribution in [1.29, 1.82) is 0 Å². The second-order valence-electron chi connectivity index (χ2n) is 10.7. The van der Waals surface area contributed by atoms with Gasteiger partial charge in [-0.05, 0) is 71.5 Å². The molecule has 238 valence electrons. The number of anilines is 2. The fourth-order valence-electron chi connectivity index (χ4n) is 4.86. The van der Waals surface area contributed by atoms with Crippen molar-refractivity contribution >= 4 is 35.3 Å². The van der Waals surface area contributed by atoms with E-state index < -0.39 is 24.0 Å². The Hall–Kier alpha value is -5.68. The maximum absolute atomic E-state index is 12.9. The maximum atomic E-state index is 12.9. The van der Waals surface area contributed by atoms with Crippen molar-refractivity contribution in [2.75, 3.05) is 10.6 Å². The lowest BCUT2D eigenvalue weighted by atomic mass is 9.96. The van der Waals surface area contributed by atoms with Crippen molar-refractivity contribution in [1.82, 2.24) is 5.32 Å². The highest BCUT2D eigenvalue weighted by Crippen LogP contribution is 2.25. The minimum Gasteiger partial charge on any atom is -0.479 e. The van der Waals surface area contributed by atoms with Crippen molar-refractivity contribution in [3.8, 4) is 0 Å². The van der Waals surface area contributed by atoms with Gasteiger partial charge in [-0.1, -0.05) is 66.7 Å². The normalized spacial score (nSPS) is 12.0. The summed E-state index contributed by atoms with van der Waals surface area (Å²) < 4.78 is 5.30. The zero-order valence-corrected chi connectivity index (χ0v) is 25.4. The van der Waals surface area contributed by atoms with Gasteiger partial charge in [-0.25, -0.2) is 9.59 Å². The van der Waals surface area contributed by atoms with Crippen LogP contribution in [0.1, 0.15) is 63.6 Å². The number of aryl methyl sites for hydroxylation is 1. The van der Waals surface area contributed by atoms with Gasteiger partial charge in [0.05, 0.1) is 6.04 Å². The molecule has 0 saturated heterocycles. The molecule has 0 aliphatic heterocycles. The van der Waals surface area contributed by atoms with Crippen LogP contribution in [0.2, 0.25) is 0 Å². The number of carbonyl (C=O) groups is 4. The predicted molar refractivity (Wildman–Crippen MR) is 175 cm³/mol. The number of amides is 3. The number of hydrogen-bond donors (Lipinski definition) is 6. The number of nitrogens with two attached hydrogens (primary N) is 2. The van der Waals surface area contributed by atoms with Crippen LogP contribution in [0.4, 0.5) is 16.2 Å². The molecule has 0 fully saturated rings. The van der Waals surface area contributed by atoms with Crippen molar-refractivity contribution in [2.24, 2.45) is 11.5 Å². The van der Waals surface area contributed by atoms with Crippen LogP contribution in [-0.4, -0.2) is 29.0 Å². The molecule has 0 spiro atoms. The van der Waals surface area contributed by atoms with E-state index in [9.17, 15) is 24.3 Å². The Bertz CT molecular complexity index is 1690. The summed E-state index contributed by atoms with van der Waals surface area (Å²) in [4.78, 5) is 48.8. The quantitative estimate of drug-likeness (QED) is 0.113. The number of carboxylic acid groups (broad SMARTS) is 1. The monoisotopic (exact) mass is 623 g/mol. The summed E-state index contributed by atoms with van der Waals surface area (Å²) >= 11 is 0. The minimum atomic E-state index is -1.12. The average Bonchev–Trinajstić information content (AvgIpc) is 3.05. The first kappa shape index (κ1) is 33.2. The number of nitrogens with one attached hydrogen (secondary N) is 3. The standard InChI is InChI=1S/C35H37N5O6/c1-22(38-35(45)46-21-23-7-3-2-4-8-23)25-9-5-11-29(18-25)39-31(41)16-15-24-13-14-26(17-28(24)20-36)32(34(43)44)40-30-12-6-10-27(19-30)33(37)42/h2-14,17-19,22,32,40H,15-16,20-21,36H2,1H3,(H2,37,42)(H,38,45)(H,39,41)(H,43,44)/t22-,32?/m1/s1. The molecule has 0 bridgehead atoms. The molecule has 0 radical (unpaired) electrons. The molecule has 3 amide bonds. The maximum Gasteiger partial charge on any atom is 0.407 e. The van der Waals surface area contributed by atoms with E-state index in [0.29, 0.717) is 28.9 Å². The van der Waals surface area contributed by atoms with Crippen molar-refractivity contribution in [3.05, 3.63) is 130 Å². The number of rotatable bonds is 14. The van der Waals surface area contributed by atoms with Gasteiger partial charge < -0.3 is 37.3 Å². The van der Waals surface area contributed by atoms with Crippen LogP contribution >= 0.6 is 0 Å². The Morgan fingerprint density at radius 1 is 0.826 bits per heavy atom. The molecule has 1 unspecified atom stereocenters. The number of ether oxygens (including phenoxy) is 1. The van der Waals surface area contributed by atoms with E-state index in [-0.39, 0.29) is 37.1 Å². The number of carbonyl (C=O) groups excluding carboxylic acids is 3. The van der Waals surface area contributed by atoms with E-state index in [1.165, 1.54) is 6.07 Å². The third-order valence-electron chi connectivity index (χ3n) is 7.33. The van der Waals surface area contributed by atoms with Gasteiger partial charge in [-0.2, -0.15) is 0 Å². The van der Waals surface area contributed by atoms with E-state index in [1.807, 2.05) is 43.3 Å². The molecule has 0 heterocycles. The highest BCUT2D eigenvalue weighted by Gasteiger charge is 2.21. The Morgan fingerprint density at radius 2 is 1.57 bits per heavy atom. The van der Waals surface area contributed by atoms with Gasteiger partial charge in [0.1, 0.15) is 6.61 Å². The van der Waals surface area contributed by atoms with Crippen LogP contribution in [0.15, 0.2) is 97.1 Å². The summed E-state index contributed by atoms with van der Waals surface area (Å²) in [5.74, 6) is -1.95. The molecule has 11 heteroatoms. The number of benzene rings is 4. The van der Waals surface area contributed by atoms with Crippen LogP contribution in [0.5, 0.6) is 0 Å². The molecule has 0 aromatic heterocycles. The first-order chi connectivity index (χ1) is 22.1. The van der Waals surface area contributed by atoms with Gasteiger partial charge >= 0.3 is 12.1 Å². The predicted octanol–water partition coefficient (Wildman–Crippen LogP) is 5.04. The zero-order chi connectivity index (χ0) is 33.1. The first-order valence-electron chi connectivity index (χ1n) is 14.7. The summed E-state index contributed by atoms with van der Waals surface area (Å²) in [6, 6.07) is 26.6. The fourth-order valence-corrected chi connectivity index (χ4v) is 4.86. The Kier molecular flexibility index (Phi) is 11.5. The van der Waals surface area contributed by atoms with E-state index in [1.54, 1.807) is 54.6 Å². The molecule has 2 atom stereocenters. The highest BCUT2D eigenvalue weighted by molar-refractivity contribution is 5.94. The largest absolute Gasteiger partial charge is 0.479 e. The molecular formula is C35H37N5O6. The lowest BCUT2D eigenvalue weighted by Gasteiger charge is -2.19. The van der Waals surface area contributed by atoms with E-state index in [2.05, 4.69) is 16.0 Å². The van der Waals surface area contributed by atoms with Crippen molar-refractivity contribution in [2.45, 2.75) is 45.0 Å². The van der Waals surface area contributed by atoms with Gasteiger partial charge in [0.15, 0.2) is 6.04 Å². The number of aliphatic carboxylic acids is 1. The van der Waals surface area contributed by atoms with Crippen LogP contribution in [0.3, 0.4) is 0 Å². The van der Waals surface area contributed by atoms with Gasteiger partial charge in [-0.15, -0.1) is 0 Å². The minimum absolute atomic E-state index is 0.148. The molecule has 11 nitrogen and oxygen atoms in total. The molecule has 8 N–H and O–H groups in total. The van der Waals surface area contributed by atoms with Gasteiger partial charge in [-0.3, -0.25) is 9.59 Å². The van der Waals surface area contributed by atoms with Crippen molar-refractivity contribution in [3.63, 3.8) is 0 Å². The first-order valence-corrected chi connectivity index (χ1v) is 14.7.